The van der Waals surface area contributed by atoms with Gasteiger partial charge in [0.2, 0.25) is 0 Å². The number of nitrogens with zero attached hydrogens (tertiary/aromatic N) is 1. The standard InChI is InChI=1S/C15H20ClNO2/c1-2-3-11-6-8-17(9-7-11)14-10-12(16)4-5-13(14)15(18)19/h4-5,10-11H,2-3,6-9H2,1H3,(H,18,19). The predicted octanol–water partition coefficient (Wildman–Crippen LogP) is 4.05. The lowest BCUT2D eigenvalue weighted by molar-refractivity contribution is 0.0697. The monoisotopic (exact) mass is 281 g/mol. The van der Waals surface area contributed by atoms with Gasteiger partial charge in [-0.15, -0.1) is 0 Å². The van der Waals surface area contributed by atoms with Gasteiger partial charge in [-0.25, -0.2) is 4.79 Å². The van der Waals surface area contributed by atoms with Gasteiger partial charge in [0.05, 0.1) is 11.3 Å². The van der Waals surface area contributed by atoms with E-state index in [-0.39, 0.29) is 0 Å². The average Bonchev–Trinajstić information content (AvgIpc) is 2.39. The Morgan fingerprint density at radius 2 is 2.11 bits per heavy atom. The van der Waals surface area contributed by atoms with Crippen molar-refractivity contribution in [2.75, 3.05) is 18.0 Å². The van der Waals surface area contributed by atoms with Gasteiger partial charge in [-0.1, -0.05) is 31.4 Å². The molecule has 1 aliphatic heterocycles. The van der Waals surface area contributed by atoms with Crippen molar-refractivity contribution in [1.82, 2.24) is 0 Å². The Kier molecular flexibility index (Phi) is 4.70. The summed E-state index contributed by atoms with van der Waals surface area (Å²) in [5.74, 6) is -0.101. The molecule has 1 fully saturated rings. The molecule has 104 valence electrons. The second-order valence-corrected chi connectivity index (χ2v) is 5.62. The first-order chi connectivity index (χ1) is 9.11. The molecule has 0 atom stereocenters. The highest BCUT2D eigenvalue weighted by Gasteiger charge is 2.22. The van der Waals surface area contributed by atoms with E-state index in [1.165, 1.54) is 12.8 Å². The minimum Gasteiger partial charge on any atom is -0.478 e. The Bertz CT molecular complexity index is 453. The number of carboxylic acid groups (broad SMARTS) is 1. The lowest BCUT2D eigenvalue weighted by Gasteiger charge is -2.34. The number of hydrogen-bond acceptors (Lipinski definition) is 2. The van der Waals surface area contributed by atoms with E-state index in [0.717, 1.165) is 37.5 Å². The number of piperidine rings is 1. The molecule has 1 aromatic rings. The molecule has 2 rings (SSSR count). The second-order valence-electron chi connectivity index (χ2n) is 5.19. The lowest BCUT2D eigenvalue weighted by atomic mass is 9.92. The molecule has 3 nitrogen and oxygen atoms in total. The topological polar surface area (TPSA) is 40.5 Å². The van der Waals surface area contributed by atoms with Crippen molar-refractivity contribution in [1.29, 1.82) is 0 Å². The zero-order valence-electron chi connectivity index (χ0n) is 11.2. The maximum atomic E-state index is 11.3. The molecule has 1 saturated heterocycles. The fraction of sp³-hybridized carbons (Fsp3) is 0.533. The highest BCUT2D eigenvalue weighted by atomic mass is 35.5. The molecule has 0 aliphatic carbocycles. The smallest absolute Gasteiger partial charge is 0.337 e. The van der Waals surface area contributed by atoms with Gasteiger partial charge in [0.1, 0.15) is 0 Å². The summed E-state index contributed by atoms with van der Waals surface area (Å²) in [4.78, 5) is 13.4. The Morgan fingerprint density at radius 3 is 2.68 bits per heavy atom. The van der Waals surface area contributed by atoms with E-state index < -0.39 is 5.97 Å². The molecule has 4 heteroatoms. The van der Waals surface area contributed by atoms with E-state index >= 15 is 0 Å². The van der Waals surface area contributed by atoms with E-state index in [9.17, 15) is 9.90 Å². The van der Waals surface area contributed by atoms with Gasteiger partial charge in [-0.05, 0) is 37.0 Å². The van der Waals surface area contributed by atoms with E-state index in [2.05, 4.69) is 11.8 Å². The summed E-state index contributed by atoms with van der Waals surface area (Å²) in [6, 6.07) is 5.00. The molecular formula is C15H20ClNO2. The van der Waals surface area contributed by atoms with Gasteiger partial charge >= 0.3 is 5.97 Å². The van der Waals surface area contributed by atoms with Crippen LogP contribution in [-0.4, -0.2) is 24.2 Å². The Hall–Kier alpha value is -1.22. The molecule has 1 N–H and O–H groups in total. The number of carboxylic acids is 1. The minimum atomic E-state index is -0.887. The number of carbonyl (C=O) groups is 1. The Labute approximate surface area is 119 Å². The Morgan fingerprint density at radius 1 is 1.42 bits per heavy atom. The second kappa shape index (κ2) is 6.29. The summed E-state index contributed by atoms with van der Waals surface area (Å²) in [6.45, 7) is 4.06. The maximum Gasteiger partial charge on any atom is 0.337 e. The van der Waals surface area contributed by atoms with Gasteiger partial charge in [0.25, 0.3) is 0 Å². The number of aromatic carboxylic acids is 1. The molecule has 1 heterocycles. The van der Waals surface area contributed by atoms with E-state index in [0.29, 0.717) is 10.6 Å². The van der Waals surface area contributed by atoms with Crippen LogP contribution >= 0.6 is 11.6 Å². The maximum absolute atomic E-state index is 11.3. The van der Waals surface area contributed by atoms with Crippen LogP contribution in [0.1, 0.15) is 43.0 Å². The molecule has 0 radical (unpaired) electrons. The van der Waals surface area contributed by atoms with Crippen LogP contribution in [0.4, 0.5) is 5.69 Å². The van der Waals surface area contributed by atoms with Crippen LogP contribution in [0.3, 0.4) is 0 Å². The van der Waals surface area contributed by atoms with Crippen molar-refractivity contribution in [2.45, 2.75) is 32.6 Å². The number of hydrogen-bond donors (Lipinski definition) is 1. The highest BCUT2D eigenvalue weighted by molar-refractivity contribution is 6.31. The third kappa shape index (κ3) is 3.41. The first-order valence-electron chi connectivity index (χ1n) is 6.89. The normalized spacial score (nSPS) is 16.6. The third-order valence-electron chi connectivity index (χ3n) is 3.84. The van der Waals surface area contributed by atoms with Crippen LogP contribution in [-0.2, 0) is 0 Å². The molecule has 0 spiro atoms. The fourth-order valence-corrected chi connectivity index (χ4v) is 2.98. The summed E-state index contributed by atoms with van der Waals surface area (Å²) < 4.78 is 0. The van der Waals surface area contributed by atoms with Crippen LogP contribution in [0.2, 0.25) is 5.02 Å². The molecular weight excluding hydrogens is 262 g/mol. The molecule has 0 bridgehead atoms. The van der Waals surface area contributed by atoms with Crippen molar-refractivity contribution >= 4 is 23.3 Å². The largest absolute Gasteiger partial charge is 0.478 e. The molecule has 1 aliphatic rings. The van der Waals surface area contributed by atoms with Gasteiger partial charge in [-0.2, -0.15) is 0 Å². The highest BCUT2D eigenvalue weighted by Crippen LogP contribution is 2.30. The van der Waals surface area contributed by atoms with Crippen LogP contribution in [0.15, 0.2) is 18.2 Å². The Balaban J connectivity index is 2.14. The molecule has 0 amide bonds. The van der Waals surface area contributed by atoms with Crippen molar-refractivity contribution < 1.29 is 9.90 Å². The van der Waals surface area contributed by atoms with Crippen LogP contribution in [0, 0.1) is 5.92 Å². The quantitative estimate of drug-likeness (QED) is 0.905. The lowest BCUT2D eigenvalue weighted by Crippen LogP contribution is -2.34. The van der Waals surface area contributed by atoms with E-state index in [1.807, 2.05) is 0 Å². The van der Waals surface area contributed by atoms with Crippen molar-refractivity contribution in [3.63, 3.8) is 0 Å². The molecule has 1 aromatic carbocycles. The first-order valence-corrected chi connectivity index (χ1v) is 7.27. The summed E-state index contributed by atoms with van der Waals surface area (Å²) in [5, 5.41) is 9.85. The number of halogens is 1. The predicted molar refractivity (Wildman–Crippen MR) is 78.3 cm³/mol. The SMILES string of the molecule is CCCC1CCN(c2cc(Cl)ccc2C(=O)O)CC1. The van der Waals surface area contributed by atoms with Gasteiger partial charge in [-0.3, -0.25) is 0 Å². The van der Waals surface area contributed by atoms with Crippen LogP contribution < -0.4 is 4.90 Å². The third-order valence-corrected chi connectivity index (χ3v) is 4.08. The number of benzene rings is 1. The zero-order chi connectivity index (χ0) is 13.8. The molecule has 19 heavy (non-hydrogen) atoms. The molecule has 0 saturated carbocycles. The van der Waals surface area contributed by atoms with Crippen LogP contribution in [0.5, 0.6) is 0 Å². The summed E-state index contributed by atoms with van der Waals surface area (Å²) in [5.41, 5.74) is 1.10. The summed E-state index contributed by atoms with van der Waals surface area (Å²) in [6.07, 6.45) is 4.77. The van der Waals surface area contributed by atoms with E-state index in [1.54, 1.807) is 18.2 Å². The average molecular weight is 282 g/mol. The van der Waals surface area contributed by atoms with Crippen LogP contribution in [0.25, 0.3) is 0 Å². The molecule has 0 unspecified atom stereocenters. The number of anilines is 1. The zero-order valence-corrected chi connectivity index (χ0v) is 12.0. The van der Waals surface area contributed by atoms with Crippen molar-refractivity contribution in [3.8, 4) is 0 Å². The molecule has 0 aromatic heterocycles. The van der Waals surface area contributed by atoms with Gasteiger partial charge in [0.15, 0.2) is 0 Å². The minimum absolute atomic E-state index is 0.346. The van der Waals surface area contributed by atoms with E-state index in [4.69, 9.17) is 11.6 Å². The van der Waals surface area contributed by atoms with Crippen molar-refractivity contribution in [2.24, 2.45) is 5.92 Å². The first kappa shape index (κ1) is 14.2. The summed E-state index contributed by atoms with van der Waals surface area (Å²) >= 11 is 6.00. The van der Waals surface area contributed by atoms with Gasteiger partial charge < -0.3 is 10.0 Å². The number of rotatable bonds is 4. The van der Waals surface area contributed by atoms with Gasteiger partial charge in [0, 0.05) is 18.1 Å². The summed E-state index contributed by atoms with van der Waals surface area (Å²) in [7, 11) is 0. The van der Waals surface area contributed by atoms with Crippen molar-refractivity contribution in [3.05, 3.63) is 28.8 Å². The fourth-order valence-electron chi connectivity index (χ4n) is 2.82.